The Morgan fingerprint density at radius 3 is 2.58 bits per heavy atom. The third-order valence-corrected chi connectivity index (χ3v) is 6.48. The van der Waals surface area contributed by atoms with Gasteiger partial charge < -0.3 is 19.4 Å². The van der Waals surface area contributed by atoms with Crippen LogP contribution in [0.2, 0.25) is 0 Å². The lowest BCUT2D eigenvalue weighted by atomic mass is 9.89. The Bertz CT molecular complexity index is 954. The lowest BCUT2D eigenvalue weighted by molar-refractivity contribution is 0.0916. The highest BCUT2D eigenvalue weighted by atomic mass is 35.5. The molecule has 0 unspecified atom stereocenters. The summed E-state index contributed by atoms with van der Waals surface area (Å²) in [5, 5.41) is 3.38. The molecule has 2 aliphatic rings. The molecule has 1 aromatic heterocycles. The highest BCUT2D eigenvalue weighted by Gasteiger charge is 2.19. The highest BCUT2D eigenvalue weighted by molar-refractivity contribution is 5.94. The molecule has 0 radical (unpaired) electrons. The number of carbonyl (C=O) groups is 1. The fourth-order valence-electron chi connectivity index (χ4n) is 4.45. The Balaban J connectivity index is 0.00000193. The number of benzene rings is 1. The van der Waals surface area contributed by atoms with Gasteiger partial charge in [0.15, 0.2) is 22.5 Å². The van der Waals surface area contributed by atoms with Crippen molar-refractivity contribution in [3.63, 3.8) is 0 Å². The summed E-state index contributed by atoms with van der Waals surface area (Å²) in [6.45, 7) is 6.11. The zero-order valence-corrected chi connectivity index (χ0v) is 20.8. The van der Waals surface area contributed by atoms with Gasteiger partial charge in [-0.3, -0.25) is 14.5 Å². The average Bonchev–Trinajstić information content (AvgIpc) is 2.80. The van der Waals surface area contributed by atoms with Crippen molar-refractivity contribution in [2.45, 2.75) is 32.1 Å². The first-order valence-electron chi connectivity index (χ1n) is 11.5. The van der Waals surface area contributed by atoms with Gasteiger partial charge in [0.2, 0.25) is 0 Å². The third kappa shape index (κ3) is 7.34. The number of nitrogens with zero attached hydrogens (tertiary/aromatic N) is 2. The molecule has 2 heterocycles. The maximum Gasteiger partial charge on any atom is 0.287 e. The number of piperazine rings is 1. The van der Waals surface area contributed by atoms with Crippen LogP contribution in [-0.2, 0) is 0 Å². The summed E-state index contributed by atoms with van der Waals surface area (Å²) in [7, 11) is 2.13. The van der Waals surface area contributed by atoms with Crippen LogP contribution in [0.15, 0.2) is 33.5 Å². The second-order valence-corrected chi connectivity index (χ2v) is 8.82. The predicted molar refractivity (Wildman–Crippen MR) is 135 cm³/mol. The number of ether oxygens (including phenoxy) is 1. The Hall–Kier alpha value is -1.80. The molecule has 1 N–H and O–H groups in total. The van der Waals surface area contributed by atoms with Crippen molar-refractivity contribution < 1.29 is 13.9 Å². The van der Waals surface area contributed by atoms with Crippen molar-refractivity contribution in [3.05, 3.63) is 40.2 Å². The quantitative estimate of drug-likeness (QED) is 0.627. The summed E-state index contributed by atoms with van der Waals surface area (Å²) in [5.41, 5.74) is 0.116. The van der Waals surface area contributed by atoms with E-state index in [-0.39, 0.29) is 41.9 Å². The van der Waals surface area contributed by atoms with Crippen LogP contribution in [0.4, 0.5) is 0 Å². The molecule has 1 saturated heterocycles. The van der Waals surface area contributed by atoms with Gasteiger partial charge in [-0.25, -0.2) is 0 Å². The van der Waals surface area contributed by atoms with Crippen molar-refractivity contribution in [2.24, 2.45) is 5.92 Å². The monoisotopic (exact) mass is 499 g/mol. The SMILES string of the molecule is CN1CCN(CCOc2cccc3c(=O)cc(C(=O)NCC4CCCCC4)oc23)CC1.Cl.Cl. The van der Waals surface area contributed by atoms with Crippen LogP contribution < -0.4 is 15.5 Å². The number of hydrogen-bond donors (Lipinski definition) is 1. The molecule has 33 heavy (non-hydrogen) atoms. The first kappa shape index (κ1) is 27.4. The van der Waals surface area contributed by atoms with E-state index in [1.807, 2.05) is 0 Å². The zero-order valence-electron chi connectivity index (χ0n) is 19.2. The largest absolute Gasteiger partial charge is 0.488 e. The van der Waals surface area contributed by atoms with Crippen LogP contribution in [-0.4, -0.2) is 68.6 Å². The minimum Gasteiger partial charge on any atom is -0.488 e. The predicted octanol–water partition coefficient (Wildman–Crippen LogP) is 3.57. The first-order valence-corrected chi connectivity index (χ1v) is 11.5. The van der Waals surface area contributed by atoms with Gasteiger partial charge >= 0.3 is 0 Å². The summed E-state index contributed by atoms with van der Waals surface area (Å²) >= 11 is 0. The Kier molecular flexibility index (Phi) is 11.0. The van der Waals surface area contributed by atoms with E-state index >= 15 is 0 Å². The van der Waals surface area contributed by atoms with Crippen molar-refractivity contribution in [1.82, 2.24) is 15.1 Å². The molecule has 1 aliphatic heterocycles. The standard InChI is InChI=1S/C24H33N3O4.2ClH/c1-26-10-12-27(13-11-26)14-15-30-21-9-5-8-19-20(28)16-22(31-23(19)21)24(29)25-17-18-6-3-2-4-7-18;;/h5,8-9,16,18H,2-4,6-7,10-15,17H2,1H3,(H,25,29);2*1H. The van der Waals surface area contributed by atoms with E-state index in [0.717, 1.165) is 45.6 Å². The number of hydrogen-bond acceptors (Lipinski definition) is 6. The van der Waals surface area contributed by atoms with E-state index in [1.165, 1.54) is 25.3 Å². The van der Waals surface area contributed by atoms with Crippen LogP contribution in [0.1, 0.15) is 42.7 Å². The Morgan fingerprint density at radius 1 is 1.12 bits per heavy atom. The fourth-order valence-corrected chi connectivity index (χ4v) is 4.45. The molecular formula is C24H35Cl2N3O4. The maximum absolute atomic E-state index is 12.6. The van der Waals surface area contributed by atoms with Gasteiger partial charge in [0.05, 0.1) is 5.39 Å². The number of nitrogens with one attached hydrogen (secondary N) is 1. The van der Waals surface area contributed by atoms with E-state index in [1.54, 1.807) is 18.2 Å². The minimum absolute atomic E-state index is 0. The minimum atomic E-state index is -0.336. The molecule has 0 bridgehead atoms. The normalized spacial score (nSPS) is 17.7. The molecule has 0 atom stereocenters. The molecule has 184 valence electrons. The maximum atomic E-state index is 12.6. The Labute approximate surface area is 207 Å². The van der Waals surface area contributed by atoms with Crippen LogP contribution in [0, 0.1) is 5.92 Å². The zero-order chi connectivity index (χ0) is 21.6. The summed E-state index contributed by atoms with van der Waals surface area (Å²) in [5.74, 6) is 0.726. The van der Waals surface area contributed by atoms with Gasteiger partial charge in [-0.1, -0.05) is 25.3 Å². The summed E-state index contributed by atoms with van der Waals surface area (Å²) in [6.07, 6.45) is 6.02. The van der Waals surface area contributed by atoms with Crippen LogP contribution in [0.25, 0.3) is 11.0 Å². The summed E-state index contributed by atoms with van der Waals surface area (Å²) in [4.78, 5) is 29.9. The summed E-state index contributed by atoms with van der Waals surface area (Å²) < 4.78 is 11.8. The van der Waals surface area contributed by atoms with Crippen LogP contribution in [0.5, 0.6) is 5.75 Å². The number of rotatable bonds is 7. The molecule has 1 amide bonds. The lowest BCUT2D eigenvalue weighted by Crippen LogP contribution is -2.45. The van der Waals surface area contributed by atoms with Gasteiger partial charge in [0.25, 0.3) is 5.91 Å². The molecule has 4 rings (SSSR count). The fraction of sp³-hybridized carbons (Fsp3) is 0.583. The van der Waals surface area contributed by atoms with E-state index in [4.69, 9.17) is 9.15 Å². The molecule has 7 nitrogen and oxygen atoms in total. The van der Waals surface area contributed by atoms with Crippen molar-refractivity contribution >= 4 is 41.7 Å². The van der Waals surface area contributed by atoms with Crippen LogP contribution >= 0.6 is 24.8 Å². The average molecular weight is 500 g/mol. The molecule has 2 aromatic rings. The number of halogens is 2. The number of para-hydroxylation sites is 1. The molecule has 1 aliphatic carbocycles. The molecule has 0 spiro atoms. The molecular weight excluding hydrogens is 465 g/mol. The van der Waals surface area contributed by atoms with E-state index in [9.17, 15) is 9.59 Å². The van der Waals surface area contributed by atoms with Gasteiger partial charge in [-0.15, -0.1) is 24.8 Å². The van der Waals surface area contributed by atoms with Crippen molar-refractivity contribution in [1.29, 1.82) is 0 Å². The van der Waals surface area contributed by atoms with Gasteiger partial charge in [0.1, 0.15) is 6.61 Å². The van der Waals surface area contributed by atoms with E-state index in [2.05, 4.69) is 22.2 Å². The number of amides is 1. The van der Waals surface area contributed by atoms with Crippen molar-refractivity contribution in [2.75, 3.05) is 52.9 Å². The van der Waals surface area contributed by atoms with E-state index < -0.39 is 0 Å². The lowest BCUT2D eigenvalue weighted by Gasteiger charge is -2.32. The topological polar surface area (TPSA) is 75.0 Å². The van der Waals surface area contributed by atoms with Gasteiger partial charge in [-0.2, -0.15) is 0 Å². The molecule has 1 saturated carbocycles. The molecule has 9 heteroatoms. The molecule has 2 fully saturated rings. The van der Waals surface area contributed by atoms with E-state index in [0.29, 0.717) is 35.8 Å². The van der Waals surface area contributed by atoms with Gasteiger partial charge in [0, 0.05) is 45.3 Å². The second kappa shape index (κ2) is 13.2. The highest BCUT2D eigenvalue weighted by Crippen LogP contribution is 2.25. The number of fused-ring (bicyclic) bond motifs is 1. The van der Waals surface area contributed by atoms with Crippen molar-refractivity contribution in [3.8, 4) is 5.75 Å². The smallest absolute Gasteiger partial charge is 0.287 e. The van der Waals surface area contributed by atoms with Gasteiger partial charge in [-0.05, 0) is 37.9 Å². The number of carbonyl (C=O) groups excluding carboxylic acids is 1. The molecule has 1 aromatic carbocycles. The second-order valence-electron chi connectivity index (χ2n) is 8.82. The number of likely N-dealkylation sites (N-methyl/N-ethyl adjacent to an activating group) is 1. The first-order chi connectivity index (χ1) is 15.1. The van der Waals surface area contributed by atoms with Crippen LogP contribution in [0.3, 0.4) is 0 Å². The Morgan fingerprint density at radius 2 is 1.85 bits per heavy atom. The summed E-state index contributed by atoms with van der Waals surface area (Å²) in [6, 6.07) is 6.57. The third-order valence-electron chi connectivity index (χ3n) is 6.48.